The first-order chi connectivity index (χ1) is 5.91. The molecule has 6 heteroatoms. The normalized spacial score (nSPS) is 25.8. The van der Waals surface area contributed by atoms with E-state index in [1.54, 1.807) is 0 Å². The molecule has 0 aromatic rings. The van der Waals surface area contributed by atoms with Crippen LogP contribution in [-0.4, -0.2) is 48.5 Å². The maximum atomic E-state index is 11.1. The molecule has 13 heavy (non-hydrogen) atoms. The van der Waals surface area contributed by atoms with Crippen molar-refractivity contribution in [3.05, 3.63) is 0 Å². The molecule has 0 aromatic carbocycles. The Morgan fingerprint density at radius 3 is 2.54 bits per heavy atom. The predicted molar refractivity (Wildman–Crippen MR) is 60.9 cm³/mol. The van der Waals surface area contributed by atoms with Crippen LogP contribution in [-0.2, 0) is 9.84 Å². The van der Waals surface area contributed by atoms with Gasteiger partial charge in [0.2, 0.25) is 0 Å². The van der Waals surface area contributed by atoms with Crippen molar-refractivity contribution in [2.24, 2.45) is 0 Å². The van der Waals surface area contributed by atoms with E-state index in [9.17, 15) is 8.42 Å². The van der Waals surface area contributed by atoms with Gasteiger partial charge in [0.25, 0.3) is 0 Å². The van der Waals surface area contributed by atoms with Crippen molar-refractivity contribution < 1.29 is 8.42 Å². The van der Waals surface area contributed by atoms with Crippen LogP contribution in [0, 0.1) is 0 Å². The Hall–Kier alpha value is 0.190. The fourth-order valence-corrected chi connectivity index (χ4v) is 4.83. The molecule has 0 aliphatic carbocycles. The molecule has 1 rings (SSSR count). The topological polar surface area (TPSA) is 37.4 Å². The summed E-state index contributed by atoms with van der Waals surface area (Å²) in [6, 6.07) is 0. The molecule has 1 aliphatic heterocycles. The van der Waals surface area contributed by atoms with E-state index in [2.05, 4.69) is 0 Å². The molecule has 1 saturated heterocycles. The summed E-state index contributed by atoms with van der Waals surface area (Å²) in [7, 11) is 0.982. The molecule has 0 N–H and O–H groups in total. The predicted octanol–water partition coefficient (Wildman–Crippen LogP) is 0.753. The average Bonchev–Trinajstić information content (AvgIpc) is 2.30. The highest BCUT2D eigenvalue weighted by atomic mass is 32.2. The summed E-state index contributed by atoms with van der Waals surface area (Å²) < 4.78 is 23.0. The van der Waals surface area contributed by atoms with E-state index in [4.69, 9.17) is 12.2 Å². The molecule has 0 aromatic heterocycles. The fourth-order valence-electron chi connectivity index (χ4n) is 1.10. The van der Waals surface area contributed by atoms with Crippen LogP contribution in [0.25, 0.3) is 0 Å². The number of hydrogen-bond donors (Lipinski definition) is 0. The van der Waals surface area contributed by atoms with Crippen LogP contribution in [0.4, 0.5) is 0 Å². The van der Waals surface area contributed by atoms with Crippen molar-refractivity contribution in [2.75, 3.05) is 25.6 Å². The zero-order valence-electron chi connectivity index (χ0n) is 7.69. The number of thioether (sulfide) groups is 1. The third-order valence-corrected chi connectivity index (χ3v) is 5.76. The van der Waals surface area contributed by atoms with Gasteiger partial charge in [-0.1, -0.05) is 24.0 Å². The quantitative estimate of drug-likeness (QED) is 0.631. The molecule has 0 radical (unpaired) electrons. The highest BCUT2D eigenvalue weighted by Crippen LogP contribution is 2.25. The second-order valence-electron chi connectivity index (χ2n) is 3.30. The third-order valence-electron chi connectivity index (χ3n) is 1.82. The maximum absolute atomic E-state index is 11.1. The van der Waals surface area contributed by atoms with Gasteiger partial charge >= 0.3 is 0 Å². The van der Waals surface area contributed by atoms with E-state index in [1.807, 2.05) is 19.0 Å². The van der Waals surface area contributed by atoms with E-state index >= 15 is 0 Å². The van der Waals surface area contributed by atoms with Crippen LogP contribution >= 0.6 is 24.0 Å². The number of nitrogens with zero attached hydrogens (tertiary/aromatic N) is 1. The minimum Gasteiger partial charge on any atom is -0.364 e. The highest BCUT2D eigenvalue weighted by molar-refractivity contribution is 8.23. The Morgan fingerprint density at radius 1 is 1.54 bits per heavy atom. The van der Waals surface area contributed by atoms with Gasteiger partial charge in [0.05, 0.1) is 11.5 Å². The Balaban J connectivity index is 2.46. The van der Waals surface area contributed by atoms with Gasteiger partial charge in [-0.05, 0) is 6.42 Å². The van der Waals surface area contributed by atoms with Crippen LogP contribution in [0.5, 0.6) is 0 Å². The first kappa shape index (κ1) is 11.3. The smallest absolute Gasteiger partial charge is 0.151 e. The van der Waals surface area contributed by atoms with E-state index in [0.29, 0.717) is 5.75 Å². The lowest BCUT2D eigenvalue weighted by Gasteiger charge is -2.15. The average molecular weight is 239 g/mol. The number of sulfone groups is 1. The molecular weight excluding hydrogens is 226 g/mol. The first-order valence-corrected chi connectivity index (χ1v) is 7.10. The second kappa shape index (κ2) is 4.14. The summed E-state index contributed by atoms with van der Waals surface area (Å²) >= 11 is 6.58. The number of thiocarbonyl (C=S) groups is 1. The summed E-state index contributed by atoms with van der Waals surface area (Å²) in [6.07, 6.45) is 0.737. The molecule has 0 saturated carbocycles. The first-order valence-electron chi connectivity index (χ1n) is 3.99. The third kappa shape index (κ3) is 3.44. The zero-order valence-corrected chi connectivity index (χ0v) is 10.1. The number of hydrogen-bond acceptors (Lipinski definition) is 4. The summed E-state index contributed by atoms with van der Waals surface area (Å²) in [4.78, 5) is 1.84. The Bertz CT molecular complexity index is 297. The van der Waals surface area contributed by atoms with Crippen molar-refractivity contribution >= 4 is 38.1 Å². The minimum absolute atomic E-state index is 0.167. The van der Waals surface area contributed by atoms with E-state index < -0.39 is 9.84 Å². The van der Waals surface area contributed by atoms with Crippen molar-refractivity contribution in [3.63, 3.8) is 0 Å². The molecule has 3 nitrogen and oxygen atoms in total. The summed E-state index contributed by atoms with van der Waals surface area (Å²) in [5, 5.41) is 0.167. The summed E-state index contributed by atoms with van der Waals surface area (Å²) in [6.45, 7) is 0. The maximum Gasteiger partial charge on any atom is 0.151 e. The van der Waals surface area contributed by atoms with Crippen LogP contribution in [0.1, 0.15) is 6.42 Å². The fraction of sp³-hybridized carbons (Fsp3) is 0.857. The lowest BCUT2D eigenvalue weighted by molar-refractivity contribution is 0.602. The molecular formula is C7H13NO2S3. The SMILES string of the molecule is CN(C)C(=S)SC1CCS(=O)(=O)C1. The van der Waals surface area contributed by atoms with Gasteiger partial charge in [-0.25, -0.2) is 8.42 Å². The molecule has 1 aliphatic rings. The largest absolute Gasteiger partial charge is 0.364 e. The van der Waals surface area contributed by atoms with Crippen LogP contribution < -0.4 is 0 Å². The van der Waals surface area contributed by atoms with Gasteiger partial charge in [0.1, 0.15) is 4.32 Å². The monoisotopic (exact) mass is 239 g/mol. The lowest BCUT2D eigenvalue weighted by Crippen LogP contribution is -2.20. The van der Waals surface area contributed by atoms with E-state index in [0.717, 1.165) is 10.7 Å². The zero-order chi connectivity index (χ0) is 10.1. The molecule has 0 amide bonds. The molecule has 76 valence electrons. The molecule has 1 unspecified atom stereocenters. The molecule has 0 bridgehead atoms. The molecule has 1 fully saturated rings. The second-order valence-corrected chi connectivity index (χ2v) is 7.47. The molecule has 1 atom stereocenters. The van der Waals surface area contributed by atoms with Gasteiger partial charge in [-0.3, -0.25) is 0 Å². The van der Waals surface area contributed by atoms with Gasteiger partial charge in [0, 0.05) is 19.3 Å². The Morgan fingerprint density at radius 2 is 2.15 bits per heavy atom. The Kier molecular flexibility index (Phi) is 3.59. The van der Waals surface area contributed by atoms with Gasteiger partial charge in [-0.15, -0.1) is 0 Å². The minimum atomic E-state index is -2.77. The van der Waals surface area contributed by atoms with Crippen molar-refractivity contribution in [1.82, 2.24) is 4.90 Å². The van der Waals surface area contributed by atoms with E-state index in [-0.39, 0.29) is 11.0 Å². The van der Waals surface area contributed by atoms with Gasteiger partial charge in [-0.2, -0.15) is 0 Å². The van der Waals surface area contributed by atoms with Crippen LogP contribution in [0.3, 0.4) is 0 Å². The summed E-state index contributed by atoms with van der Waals surface area (Å²) in [5.74, 6) is 0.604. The molecule has 1 heterocycles. The number of rotatable bonds is 1. The van der Waals surface area contributed by atoms with Gasteiger partial charge in [0.15, 0.2) is 9.84 Å². The lowest BCUT2D eigenvalue weighted by atomic mass is 10.4. The van der Waals surface area contributed by atoms with Crippen molar-refractivity contribution in [3.8, 4) is 0 Å². The highest BCUT2D eigenvalue weighted by Gasteiger charge is 2.29. The standard InChI is InChI=1S/C7H13NO2S3/c1-8(2)7(11)12-6-3-4-13(9,10)5-6/h6H,3-5H2,1-2H3. The molecule has 0 spiro atoms. The van der Waals surface area contributed by atoms with Gasteiger partial charge < -0.3 is 4.90 Å². The summed E-state index contributed by atoms with van der Waals surface area (Å²) in [5.41, 5.74) is 0. The van der Waals surface area contributed by atoms with Crippen LogP contribution in [0.15, 0.2) is 0 Å². The van der Waals surface area contributed by atoms with Crippen molar-refractivity contribution in [1.29, 1.82) is 0 Å². The van der Waals surface area contributed by atoms with E-state index in [1.165, 1.54) is 11.8 Å². The van der Waals surface area contributed by atoms with Crippen molar-refractivity contribution in [2.45, 2.75) is 11.7 Å². The Labute approximate surface area is 88.8 Å². The van der Waals surface area contributed by atoms with Crippen LogP contribution in [0.2, 0.25) is 0 Å².